The van der Waals surface area contributed by atoms with Crippen molar-refractivity contribution in [3.05, 3.63) is 50.2 Å². The van der Waals surface area contributed by atoms with Gasteiger partial charge in [0.05, 0.1) is 3.79 Å². The van der Waals surface area contributed by atoms with E-state index in [0.717, 1.165) is 13.8 Å². The molecule has 0 saturated heterocycles. The van der Waals surface area contributed by atoms with Crippen molar-refractivity contribution in [2.75, 3.05) is 0 Å². The summed E-state index contributed by atoms with van der Waals surface area (Å²) in [6.45, 7) is 1.82. The molecular formula is C12H11Br2NO2S2. The Kier molecular flexibility index (Phi) is 4.84. The number of rotatable bonds is 4. The molecule has 2 rings (SSSR count). The molecule has 0 fully saturated rings. The number of benzene rings is 1. The molecule has 2 aromatic rings. The van der Waals surface area contributed by atoms with Crippen LogP contribution in [0, 0.1) is 0 Å². The van der Waals surface area contributed by atoms with Crippen molar-refractivity contribution < 1.29 is 8.42 Å². The summed E-state index contributed by atoms with van der Waals surface area (Å²) in [7, 11) is -3.47. The van der Waals surface area contributed by atoms with Gasteiger partial charge in [-0.1, -0.05) is 28.1 Å². The average molecular weight is 425 g/mol. The zero-order valence-corrected chi connectivity index (χ0v) is 14.7. The first-order valence-corrected chi connectivity index (χ1v) is 9.30. The van der Waals surface area contributed by atoms with Crippen LogP contribution in [0.4, 0.5) is 0 Å². The van der Waals surface area contributed by atoms with Gasteiger partial charge in [-0.3, -0.25) is 0 Å². The number of nitrogens with one attached hydrogen (secondary N) is 1. The van der Waals surface area contributed by atoms with Crippen molar-refractivity contribution in [3.8, 4) is 0 Å². The number of hydrogen-bond acceptors (Lipinski definition) is 3. The summed E-state index contributed by atoms with van der Waals surface area (Å²) in [5, 5.41) is 0. The maximum Gasteiger partial charge on any atom is 0.250 e. The fourth-order valence-electron chi connectivity index (χ4n) is 1.55. The third-order valence-corrected chi connectivity index (χ3v) is 6.70. The predicted molar refractivity (Wildman–Crippen MR) is 84.9 cm³/mol. The second kappa shape index (κ2) is 6.05. The molecule has 7 heteroatoms. The molecule has 0 spiro atoms. The molecule has 1 aromatic heterocycles. The van der Waals surface area contributed by atoms with Crippen LogP contribution in [-0.4, -0.2) is 8.42 Å². The van der Waals surface area contributed by atoms with Crippen LogP contribution >= 0.6 is 43.2 Å². The molecule has 0 saturated carbocycles. The molecule has 1 atom stereocenters. The van der Waals surface area contributed by atoms with Gasteiger partial charge in [-0.25, -0.2) is 13.1 Å². The lowest BCUT2D eigenvalue weighted by molar-refractivity contribution is 0.569. The van der Waals surface area contributed by atoms with Gasteiger partial charge in [0, 0.05) is 10.5 Å². The topological polar surface area (TPSA) is 46.2 Å². The van der Waals surface area contributed by atoms with Crippen LogP contribution in [0.3, 0.4) is 0 Å². The lowest BCUT2D eigenvalue weighted by Gasteiger charge is -2.13. The molecule has 19 heavy (non-hydrogen) atoms. The highest BCUT2D eigenvalue weighted by Gasteiger charge is 2.20. The Morgan fingerprint density at radius 2 is 1.74 bits per heavy atom. The van der Waals surface area contributed by atoms with E-state index in [2.05, 4.69) is 36.6 Å². The van der Waals surface area contributed by atoms with Gasteiger partial charge in [-0.2, -0.15) is 0 Å². The number of halogens is 2. The van der Waals surface area contributed by atoms with Crippen molar-refractivity contribution in [2.24, 2.45) is 0 Å². The summed E-state index contributed by atoms with van der Waals surface area (Å²) in [4.78, 5) is 0. The van der Waals surface area contributed by atoms with Gasteiger partial charge >= 0.3 is 0 Å². The maximum absolute atomic E-state index is 12.2. The molecule has 0 aliphatic rings. The summed E-state index contributed by atoms with van der Waals surface area (Å²) in [5.74, 6) is 0. The average Bonchev–Trinajstić information content (AvgIpc) is 2.77. The largest absolute Gasteiger partial charge is 0.250 e. The molecule has 0 unspecified atom stereocenters. The zero-order chi connectivity index (χ0) is 14.0. The Morgan fingerprint density at radius 3 is 2.26 bits per heavy atom. The van der Waals surface area contributed by atoms with Crippen molar-refractivity contribution >= 4 is 53.2 Å². The minimum absolute atomic E-state index is 0.279. The van der Waals surface area contributed by atoms with E-state index in [-0.39, 0.29) is 6.04 Å². The summed E-state index contributed by atoms with van der Waals surface area (Å²) in [6, 6.07) is 10.6. The molecule has 0 radical (unpaired) electrons. The molecular weight excluding hydrogens is 414 g/mol. The van der Waals surface area contributed by atoms with Crippen LogP contribution in [-0.2, 0) is 10.0 Å². The smallest absolute Gasteiger partial charge is 0.206 e. The van der Waals surface area contributed by atoms with Crippen LogP contribution in [0.2, 0.25) is 0 Å². The van der Waals surface area contributed by atoms with Gasteiger partial charge in [0.25, 0.3) is 10.0 Å². The summed E-state index contributed by atoms with van der Waals surface area (Å²) in [6.07, 6.45) is 0. The fraction of sp³-hybridized carbons (Fsp3) is 0.167. The first-order valence-electron chi connectivity index (χ1n) is 5.41. The zero-order valence-electron chi connectivity index (χ0n) is 9.93. The normalized spacial score (nSPS) is 13.4. The van der Waals surface area contributed by atoms with Crippen LogP contribution in [0.15, 0.2) is 48.9 Å². The number of hydrogen-bond donors (Lipinski definition) is 1. The quantitative estimate of drug-likeness (QED) is 0.794. The SMILES string of the molecule is C[C@@H](NS(=O)(=O)c1ccc(Br)s1)c1ccc(Br)cc1. The Hall–Kier alpha value is -0.210. The third-order valence-electron chi connectivity index (χ3n) is 2.52. The Labute approximate surface area is 133 Å². The van der Waals surface area contributed by atoms with E-state index in [1.165, 1.54) is 11.3 Å². The van der Waals surface area contributed by atoms with E-state index in [1.54, 1.807) is 12.1 Å². The monoisotopic (exact) mass is 423 g/mol. The molecule has 1 heterocycles. The van der Waals surface area contributed by atoms with Crippen molar-refractivity contribution in [1.29, 1.82) is 0 Å². The molecule has 0 aliphatic carbocycles. The molecule has 102 valence electrons. The number of thiophene rings is 1. The lowest BCUT2D eigenvalue weighted by atomic mass is 10.1. The van der Waals surface area contributed by atoms with Gasteiger partial charge < -0.3 is 0 Å². The standard InChI is InChI=1S/C12H11Br2NO2S2/c1-8(9-2-4-10(13)5-3-9)15-19(16,17)12-7-6-11(14)18-12/h2-8,15H,1H3/t8-/m1/s1. The molecule has 1 N–H and O–H groups in total. The first kappa shape index (κ1) is 15.2. The Morgan fingerprint density at radius 1 is 1.11 bits per heavy atom. The van der Waals surface area contributed by atoms with E-state index in [9.17, 15) is 8.42 Å². The van der Waals surface area contributed by atoms with Gasteiger partial charge in [0.1, 0.15) is 4.21 Å². The van der Waals surface area contributed by atoms with Gasteiger partial charge in [-0.15, -0.1) is 11.3 Å². The van der Waals surface area contributed by atoms with Gasteiger partial charge in [0.15, 0.2) is 0 Å². The van der Waals surface area contributed by atoms with Crippen LogP contribution in [0.1, 0.15) is 18.5 Å². The highest BCUT2D eigenvalue weighted by molar-refractivity contribution is 9.11. The van der Waals surface area contributed by atoms with Gasteiger partial charge in [-0.05, 0) is 52.7 Å². The molecule has 3 nitrogen and oxygen atoms in total. The highest BCUT2D eigenvalue weighted by atomic mass is 79.9. The van der Waals surface area contributed by atoms with Crippen LogP contribution in [0.25, 0.3) is 0 Å². The Balaban J connectivity index is 2.18. The van der Waals surface area contributed by atoms with E-state index in [0.29, 0.717) is 4.21 Å². The highest BCUT2D eigenvalue weighted by Crippen LogP contribution is 2.27. The van der Waals surface area contributed by atoms with Gasteiger partial charge in [0.2, 0.25) is 0 Å². The minimum atomic E-state index is -3.47. The van der Waals surface area contributed by atoms with Crippen LogP contribution in [0.5, 0.6) is 0 Å². The van der Waals surface area contributed by atoms with E-state index in [4.69, 9.17) is 0 Å². The maximum atomic E-state index is 12.2. The fourth-order valence-corrected chi connectivity index (χ4v) is 5.08. The predicted octanol–water partition coefficient (Wildman–Crippen LogP) is 4.31. The summed E-state index contributed by atoms with van der Waals surface area (Å²) >= 11 is 7.81. The van der Waals surface area contributed by atoms with Crippen LogP contribution < -0.4 is 4.72 Å². The molecule has 0 amide bonds. The van der Waals surface area contributed by atoms with Crippen molar-refractivity contribution in [2.45, 2.75) is 17.2 Å². The summed E-state index contributed by atoms with van der Waals surface area (Å²) in [5.41, 5.74) is 0.919. The second-order valence-corrected chi connectivity index (χ2v) is 9.27. The van der Waals surface area contributed by atoms with Crippen molar-refractivity contribution in [1.82, 2.24) is 4.72 Å². The second-order valence-electron chi connectivity index (χ2n) is 3.95. The molecule has 0 bridgehead atoms. The third kappa shape index (κ3) is 3.88. The van der Waals surface area contributed by atoms with E-state index >= 15 is 0 Å². The van der Waals surface area contributed by atoms with Crippen molar-refractivity contribution in [3.63, 3.8) is 0 Å². The minimum Gasteiger partial charge on any atom is -0.206 e. The number of sulfonamides is 1. The van der Waals surface area contributed by atoms with E-state index in [1.807, 2.05) is 31.2 Å². The first-order chi connectivity index (χ1) is 8.88. The molecule has 0 aliphatic heterocycles. The molecule has 1 aromatic carbocycles. The lowest BCUT2D eigenvalue weighted by Crippen LogP contribution is -2.26. The summed E-state index contributed by atoms with van der Waals surface area (Å²) < 4.78 is 29.1. The van der Waals surface area contributed by atoms with E-state index < -0.39 is 10.0 Å². The Bertz CT molecular complexity index is 665.